The van der Waals surface area contributed by atoms with Crippen molar-refractivity contribution < 1.29 is 14.3 Å². The van der Waals surface area contributed by atoms with E-state index in [0.717, 1.165) is 27.9 Å². The summed E-state index contributed by atoms with van der Waals surface area (Å²) in [6.07, 6.45) is 0. The highest BCUT2D eigenvalue weighted by Gasteiger charge is 2.21. The third kappa shape index (κ3) is 4.98. The van der Waals surface area contributed by atoms with Crippen LogP contribution in [-0.2, 0) is 10.2 Å². The molecule has 4 rings (SSSR count). The minimum Gasteiger partial charge on any atom is -0.497 e. The maximum atomic E-state index is 12.8. The van der Waals surface area contributed by atoms with Crippen molar-refractivity contribution in [2.75, 3.05) is 19.0 Å². The van der Waals surface area contributed by atoms with Gasteiger partial charge in [0.05, 0.1) is 18.3 Å². The molecule has 1 amide bonds. The van der Waals surface area contributed by atoms with Crippen LogP contribution in [0.1, 0.15) is 32.0 Å². The molecule has 7 nitrogen and oxygen atoms in total. The van der Waals surface area contributed by atoms with E-state index in [-0.39, 0.29) is 17.9 Å². The summed E-state index contributed by atoms with van der Waals surface area (Å²) in [6.45, 7) is 8.01. The van der Waals surface area contributed by atoms with Gasteiger partial charge in [-0.25, -0.2) is 4.98 Å². The van der Waals surface area contributed by atoms with Gasteiger partial charge in [0.1, 0.15) is 17.3 Å². The first kappa shape index (κ1) is 22.3. The van der Waals surface area contributed by atoms with Gasteiger partial charge in [0, 0.05) is 17.0 Å². The molecule has 0 bridgehead atoms. The fourth-order valence-corrected chi connectivity index (χ4v) is 3.61. The zero-order valence-corrected chi connectivity index (χ0v) is 19.5. The topological polar surface area (TPSA) is 78.3 Å². The third-order valence-corrected chi connectivity index (χ3v) is 5.25. The third-order valence-electron chi connectivity index (χ3n) is 5.25. The number of amides is 1. The van der Waals surface area contributed by atoms with Crippen LogP contribution in [0.15, 0.2) is 60.7 Å². The molecule has 33 heavy (non-hydrogen) atoms. The van der Waals surface area contributed by atoms with Gasteiger partial charge in [0.25, 0.3) is 5.91 Å². The molecule has 0 aliphatic rings. The first-order valence-corrected chi connectivity index (χ1v) is 10.8. The number of hydrogen-bond acceptors (Lipinski definition) is 5. The van der Waals surface area contributed by atoms with Crippen LogP contribution in [0.5, 0.6) is 11.5 Å². The molecule has 0 aliphatic heterocycles. The number of pyridine rings is 1. The van der Waals surface area contributed by atoms with E-state index < -0.39 is 0 Å². The summed E-state index contributed by atoms with van der Waals surface area (Å²) in [7, 11) is 1.63. The van der Waals surface area contributed by atoms with Gasteiger partial charge in [-0.15, -0.1) is 0 Å². The van der Waals surface area contributed by atoms with E-state index in [1.54, 1.807) is 11.8 Å². The lowest BCUT2D eigenvalue weighted by atomic mass is 9.86. The average Bonchev–Trinajstić information content (AvgIpc) is 3.16. The summed E-state index contributed by atoms with van der Waals surface area (Å²) >= 11 is 0. The number of methoxy groups -OCH3 is 1. The van der Waals surface area contributed by atoms with E-state index in [1.807, 2.05) is 67.6 Å². The lowest BCUT2D eigenvalue weighted by Gasteiger charge is -2.23. The molecule has 0 saturated carbocycles. The highest BCUT2D eigenvalue weighted by Crippen LogP contribution is 2.34. The number of rotatable bonds is 6. The van der Waals surface area contributed by atoms with Gasteiger partial charge in [-0.1, -0.05) is 39.0 Å². The van der Waals surface area contributed by atoms with E-state index in [2.05, 4.69) is 36.2 Å². The smallest absolute Gasteiger partial charge is 0.263 e. The van der Waals surface area contributed by atoms with E-state index in [4.69, 9.17) is 9.47 Å². The predicted molar refractivity (Wildman–Crippen MR) is 129 cm³/mol. The second kappa shape index (κ2) is 8.94. The van der Waals surface area contributed by atoms with Crippen molar-refractivity contribution >= 4 is 22.6 Å². The van der Waals surface area contributed by atoms with Gasteiger partial charge in [-0.05, 0) is 48.7 Å². The van der Waals surface area contributed by atoms with Crippen LogP contribution in [-0.4, -0.2) is 34.4 Å². The minimum atomic E-state index is -0.285. The first-order chi connectivity index (χ1) is 15.7. The Morgan fingerprint density at radius 1 is 1.06 bits per heavy atom. The molecule has 7 heteroatoms. The molecule has 2 heterocycles. The molecule has 1 N–H and O–H groups in total. The minimum absolute atomic E-state index is 0.134. The number of aromatic nitrogens is 3. The summed E-state index contributed by atoms with van der Waals surface area (Å²) < 4.78 is 12.9. The molecule has 0 radical (unpaired) electrons. The fourth-order valence-electron chi connectivity index (χ4n) is 3.61. The highest BCUT2D eigenvalue weighted by atomic mass is 16.5. The Morgan fingerprint density at radius 2 is 1.85 bits per heavy atom. The number of carbonyl (C=O) groups is 1. The van der Waals surface area contributed by atoms with Gasteiger partial charge in [-0.2, -0.15) is 9.78 Å². The Bertz CT molecular complexity index is 1300. The maximum absolute atomic E-state index is 12.8. The second-order valence-electron chi connectivity index (χ2n) is 8.89. The molecule has 2 aromatic carbocycles. The molecule has 0 atom stereocenters. The normalized spacial score (nSPS) is 11.4. The van der Waals surface area contributed by atoms with Crippen molar-refractivity contribution in [1.82, 2.24) is 14.8 Å². The number of nitrogens with zero attached hydrogens (tertiary/aromatic N) is 3. The number of para-hydroxylation sites is 1. The van der Waals surface area contributed by atoms with Crippen molar-refractivity contribution in [2.24, 2.45) is 0 Å². The number of aryl methyl sites for hydroxylation is 1. The zero-order valence-electron chi connectivity index (χ0n) is 19.5. The number of benzene rings is 2. The Balaban J connectivity index is 1.52. The van der Waals surface area contributed by atoms with E-state index >= 15 is 0 Å². The Labute approximate surface area is 193 Å². The van der Waals surface area contributed by atoms with Crippen molar-refractivity contribution in [2.45, 2.75) is 33.1 Å². The summed E-state index contributed by atoms with van der Waals surface area (Å²) in [4.78, 5) is 17.4. The van der Waals surface area contributed by atoms with Crippen LogP contribution in [0.25, 0.3) is 16.7 Å². The molecule has 0 saturated heterocycles. The lowest BCUT2D eigenvalue weighted by Crippen LogP contribution is -2.23. The van der Waals surface area contributed by atoms with Crippen LogP contribution in [0, 0.1) is 6.92 Å². The van der Waals surface area contributed by atoms with Gasteiger partial charge < -0.3 is 14.8 Å². The molecule has 0 fully saturated rings. The average molecular weight is 445 g/mol. The van der Waals surface area contributed by atoms with Crippen LogP contribution in [0.4, 0.5) is 5.82 Å². The fraction of sp³-hybridized carbons (Fsp3) is 0.269. The van der Waals surface area contributed by atoms with Crippen LogP contribution in [0.2, 0.25) is 0 Å². The molecular weight excluding hydrogens is 416 g/mol. The standard InChI is InChI=1S/C26H28N4O3/c1-17-14-24(30(29-17)23-13-10-18-8-6-7-9-21(18)27-23)28-25(31)16-33-22-12-11-19(32-5)15-20(22)26(2,3)4/h6-15H,16H2,1-5H3,(H,28,31). The molecular formula is C26H28N4O3. The SMILES string of the molecule is COc1ccc(OCC(=O)Nc2cc(C)nn2-c2ccc3ccccc3n2)c(C(C)(C)C)c1. The van der Waals surface area contributed by atoms with Gasteiger partial charge in [-0.3, -0.25) is 4.79 Å². The van der Waals surface area contributed by atoms with Gasteiger partial charge in [0.15, 0.2) is 12.4 Å². The number of carbonyl (C=O) groups excluding carboxylic acids is 1. The van der Waals surface area contributed by atoms with Crippen molar-refractivity contribution in [3.63, 3.8) is 0 Å². The van der Waals surface area contributed by atoms with Crippen molar-refractivity contribution in [3.8, 4) is 17.3 Å². The van der Waals surface area contributed by atoms with Gasteiger partial charge >= 0.3 is 0 Å². The summed E-state index contributed by atoms with van der Waals surface area (Å²) in [6, 6.07) is 19.1. The zero-order chi connectivity index (χ0) is 23.6. The molecule has 0 aliphatic carbocycles. The number of hydrogen-bond donors (Lipinski definition) is 1. The van der Waals surface area contributed by atoms with Crippen molar-refractivity contribution in [3.05, 3.63) is 71.9 Å². The molecule has 2 aromatic heterocycles. The van der Waals surface area contributed by atoms with E-state index in [9.17, 15) is 4.79 Å². The largest absolute Gasteiger partial charge is 0.497 e. The predicted octanol–water partition coefficient (Wildman–Crippen LogP) is 5.05. The lowest BCUT2D eigenvalue weighted by molar-refractivity contribution is -0.118. The van der Waals surface area contributed by atoms with E-state index in [0.29, 0.717) is 17.4 Å². The van der Waals surface area contributed by atoms with Crippen molar-refractivity contribution in [1.29, 1.82) is 0 Å². The number of ether oxygens (including phenoxy) is 2. The number of nitrogens with one attached hydrogen (secondary N) is 1. The monoisotopic (exact) mass is 444 g/mol. The summed E-state index contributed by atoms with van der Waals surface area (Å²) in [5.41, 5.74) is 2.43. The molecule has 4 aromatic rings. The quantitative estimate of drug-likeness (QED) is 0.450. The maximum Gasteiger partial charge on any atom is 0.263 e. The van der Waals surface area contributed by atoms with Crippen LogP contribution in [0.3, 0.4) is 0 Å². The summed E-state index contributed by atoms with van der Waals surface area (Å²) in [5, 5.41) is 8.45. The second-order valence-corrected chi connectivity index (χ2v) is 8.89. The molecule has 0 unspecified atom stereocenters. The molecule has 0 spiro atoms. The van der Waals surface area contributed by atoms with Crippen LogP contribution < -0.4 is 14.8 Å². The Morgan fingerprint density at radius 3 is 2.61 bits per heavy atom. The first-order valence-electron chi connectivity index (χ1n) is 10.8. The molecule has 170 valence electrons. The number of anilines is 1. The number of fused-ring (bicyclic) bond motifs is 1. The van der Waals surface area contributed by atoms with Gasteiger partial charge in [0.2, 0.25) is 0 Å². The summed E-state index contributed by atoms with van der Waals surface area (Å²) in [5.74, 6) is 2.28. The highest BCUT2D eigenvalue weighted by molar-refractivity contribution is 5.91. The Hall–Kier alpha value is -3.87. The van der Waals surface area contributed by atoms with E-state index in [1.165, 1.54) is 0 Å². The Kier molecular flexibility index (Phi) is 6.05. The van der Waals surface area contributed by atoms with Crippen LogP contribution >= 0.6 is 0 Å².